The second kappa shape index (κ2) is 9.53. The van der Waals surface area contributed by atoms with E-state index in [-0.39, 0.29) is 5.91 Å². The summed E-state index contributed by atoms with van der Waals surface area (Å²) >= 11 is 1.71. The highest BCUT2D eigenvalue weighted by molar-refractivity contribution is 7.09. The van der Waals surface area contributed by atoms with Crippen molar-refractivity contribution < 1.29 is 9.53 Å². The zero-order valence-corrected chi connectivity index (χ0v) is 17.2. The van der Waals surface area contributed by atoms with Crippen LogP contribution in [0.15, 0.2) is 66.6 Å². The largest absolute Gasteiger partial charge is 0.497 e. The highest BCUT2D eigenvalue weighted by Crippen LogP contribution is 2.22. The Balaban J connectivity index is 1.63. The fraction of sp³-hybridized carbons (Fsp3) is 0.261. The standard InChI is InChI=1S/C23H26N2O2S/c1-4-11-25(16-22-6-5-12-28-22)17-23(26)24(2)15-18-7-8-20-14-21(27-3)10-9-19(20)13-18/h4-10,12-14H,1,11,15-17H2,2-3H3. The Bertz CT molecular complexity index is 937. The van der Waals surface area contributed by atoms with Crippen LogP contribution in [0.3, 0.4) is 0 Å². The van der Waals surface area contributed by atoms with Gasteiger partial charge in [-0.1, -0.05) is 30.3 Å². The number of thiophene rings is 1. The number of nitrogens with zero attached hydrogens (tertiary/aromatic N) is 2. The molecule has 0 aliphatic heterocycles. The van der Waals surface area contributed by atoms with E-state index in [0.29, 0.717) is 19.6 Å². The second-order valence-electron chi connectivity index (χ2n) is 6.83. The van der Waals surface area contributed by atoms with Gasteiger partial charge in [0.2, 0.25) is 5.91 Å². The molecule has 0 aliphatic carbocycles. The first-order valence-electron chi connectivity index (χ1n) is 9.25. The van der Waals surface area contributed by atoms with Crippen molar-refractivity contribution in [2.45, 2.75) is 13.1 Å². The molecule has 0 atom stereocenters. The number of hydrogen-bond donors (Lipinski definition) is 0. The van der Waals surface area contributed by atoms with Gasteiger partial charge >= 0.3 is 0 Å². The van der Waals surface area contributed by atoms with E-state index >= 15 is 0 Å². The van der Waals surface area contributed by atoms with Gasteiger partial charge in [0.05, 0.1) is 13.7 Å². The third-order valence-electron chi connectivity index (χ3n) is 4.66. The number of fused-ring (bicyclic) bond motifs is 1. The van der Waals surface area contributed by atoms with E-state index in [4.69, 9.17) is 4.74 Å². The molecule has 1 heterocycles. The van der Waals surface area contributed by atoms with E-state index in [1.165, 1.54) is 4.88 Å². The van der Waals surface area contributed by atoms with E-state index in [9.17, 15) is 4.79 Å². The summed E-state index contributed by atoms with van der Waals surface area (Å²) in [6, 6.07) is 16.4. The number of carbonyl (C=O) groups excluding carboxylic acids is 1. The molecule has 0 bridgehead atoms. The smallest absolute Gasteiger partial charge is 0.236 e. The van der Waals surface area contributed by atoms with Gasteiger partial charge in [-0.05, 0) is 46.0 Å². The number of methoxy groups -OCH3 is 1. The Labute approximate surface area is 170 Å². The molecule has 0 unspecified atom stereocenters. The summed E-state index contributed by atoms with van der Waals surface area (Å²) in [5.74, 6) is 0.953. The molecule has 1 aromatic heterocycles. The van der Waals surface area contributed by atoms with Crippen LogP contribution >= 0.6 is 11.3 Å². The fourth-order valence-corrected chi connectivity index (χ4v) is 3.91. The maximum Gasteiger partial charge on any atom is 0.236 e. The molecule has 0 radical (unpaired) electrons. The highest BCUT2D eigenvalue weighted by Gasteiger charge is 2.15. The topological polar surface area (TPSA) is 32.8 Å². The number of carbonyl (C=O) groups is 1. The minimum atomic E-state index is 0.105. The lowest BCUT2D eigenvalue weighted by atomic mass is 10.1. The molecule has 0 aliphatic rings. The predicted octanol–water partition coefficient (Wildman–Crippen LogP) is 4.56. The molecule has 1 amide bonds. The summed E-state index contributed by atoms with van der Waals surface area (Å²) in [5, 5.41) is 4.33. The lowest BCUT2D eigenvalue weighted by molar-refractivity contribution is -0.131. The van der Waals surface area contributed by atoms with Gasteiger partial charge < -0.3 is 9.64 Å². The highest BCUT2D eigenvalue weighted by atomic mass is 32.1. The van der Waals surface area contributed by atoms with Crippen molar-refractivity contribution in [3.05, 3.63) is 77.0 Å². The van der Waals surface area contributed by atoms with Gasteiger partial charge in [0.25, 0.3) is 0 Å². The second-order valence-corrected chi connectivity index (χ2v) is 7.87. The fourth-order valence-electron chi connectivity index (χ4n) is 3.16. The Morgan fingerprint density at radius 1 is 1.14 bits per heavy atom. The quantitative estimate of drug-likeness (QED) is 0.499. The van der Waals surface area contributed by atoms with Gasteiger partial charge in [-0.25, -0.2) is 0 Å². The Hall–Kier alpha value is -2.63. The van der Waals surface area contributed by atoms with Crippen molar-refractivity contribution in [3.8, 4) is 5.75 Å². The summed E-state index contributed by atoms with van der Waals surface area (Å²) in [5.41, 5.74) is 1.11. The summed E-state index contributed by atoms with van der Waals surface area (Å²) in [6.45, 7) is 6.24. The molecular weight excluding hydrogens is 368 g/mol. The maximum absolute atomic E-state index is 12.7. The van der Waals surface area contributed by atoms with Crippen LogP contribution in [0.25, 0.3) is 10.8 Å². The van der Waals surface area contributed by atoms with E-state index in [1.807, 2.05) is 37.4 Å². The van der Waals surface area contributed by atoms with Crippen LogP contribution < -0.4 is 4.74 Å². The minimum Gasteiger partial charge on any atom is -0.497 e. The number of ether oxygens (including phenoxy) is 1. The van der Waals surface area contributed by atoms with Crippen LogP contribution in [0.5, 0.6) is 5.75 Å². The molecule has 5 heteroatoms. The van der Waals surface area contributed by atoms with E-state index in [0.717, 1.165) is 28.6 Å². The third kappa shape index (κ3) is 5.21. The molecule has 3 rings (SSSR count). The van der Waals surface area contributed by atoms with Crippen LogP contribution in [0.4, 0.5) is 0 Å². The molecule has 0 N–H and O–H groups in total. The first-order chi connectivity index (χ1) is 13.6. The van der Waals surface area contributed by atoms with Crippen LogP contribution in [0.1, 0.15) is 10.4 Å². The molecule has 28 heavy (non-hydrogen) atoms. The Kier molecular flexibility index (Phi) is 6.85. The van der Waals surface area contributed by atoms with E-state index in [2.05, 4.69) is 41.1 Å². The van der Waals surface area contributed by atoms with Crippen molar-refractivity contribution in [3.63, 3.8) is 0 Å². The third-order valence-corrected chi connectivity index (χ3v) is 5.52. The van der Waals surface area contributed by atoms with Crippen molar-refractivity contribution in [2.24, 2.45) is 0 Å². The minimum absolute atomic E-state index is 0.105. The van der Waals surface area contributed by atoms with Gasteiger partial charge in [-0.15, -0.1) is 17.9 Å². The van der Waals surface area contributed by atoms with Gasteiger partial charge in [0, 0.05) is 31.6 Å². The van der Waals surface area contributed by atoms with Crippen molar-refractivity contribution in [1.82, 2.24) is 9.80 Å². The SMILES string of the molecule is C=CCN(CC(=O)N(C)Cc1ccc2cc(OC)ccc2c1)Cc1cccs1. The van der Waals surface area contributed by atoms with Crippen LogP contribution in [0.2, 0.25) is 0 Å². The number of benzene rings is 2. The van der Waals surface area contributed by atoms with Gasteiger partial charge in [0.15, 0.2) is 0 Å². The van der Waals surface area contributed by atoms with E-state index in [1.54, 1.807) is 23.3 Å². The molecule has 0 fully saturated rings. The van der Waals surface area contributed by atoms with Crippen molar-refractivity contribution in [2.75, 3.05) is 27.2 Å². The summed E-state index contributed by atoms with van der Waals surface area (Å²) < 4.78 is 5.28. The van der Waals surface area contributed by atoms with E-state index < -0.39 is 0 Å². The predicted molar refractivity (Wildman–Crippen MR) is 117 cm³/mol. The number of hydrogen-bond acceptors (Lipinski definition) is 4. The molecule has 146 valence electrons. The van der Waals surface area contributed by atoms with Crippen LogP contribution in [0, 0.1) is 0 Å². The maximum atomic E-state index is 12.7. The first-order valence-corrected chi connectivity index (χ1v) is 10.1. The summed E-state index contributed by atoms with van der Waals surface area (Å²) in [4.78, 5) is 17.9. The van der Waals surface area contributed by atoms with Gasteiger partial charge in [-0.2, -0.15) is 0 Å². The van der Waals surface area contributed by atoms with Gasteiger partial charge in [0.1, 0.15) is 5.75 Å². The van der Waals surface area contributed by atoms with Crippen LogP contribution in [-0.4, -0.2) is 43.0 Å². The molecule has 0 saturated carbocycles. The Morgan fingerprint density at radius 3 is 2.64 bits per heavy atom. The molecule has 0 spiro atoms. The summed E-state index contributed by atoms with van der Waals surface area (Å²) in [6.07, 6.45) is 1.85. The zero-order chi connectivity index (χ0) is 19.9. The molecule has 4 nitrogen and oxygen atoms in total. The number of rotatable bonds is 9. The number of likely N-dealkylation sites (N-methyl/N-ethyl adjacent to an activating group) is 1. The molecular formula is C23H26N2O2S. The monoisotopic (exact) mass is 394 g/mol. The molecule has 3 aromatic rings. The zero-order valence-electron chi connectivity index (χ0n) is 16.4. The van der Waals surface area contributed by atoms with Crippen LogP contribution in [-0.2, 0) is 17.9 Å². The average Bonchev–Trinajstić information content (AvgIpc) is 3.20. The first kappa shape index (κ1) is 20.1. The molecule has 2 aromatic carbocycles. The Morgan fingerprint density at radius 2 is 1.93 bits per heavy atom. The molecule has 0 saturated heterocycles. The van der Waals surface area contributed by atoms with Crippen molar-refractivity contribution in [1.29, 1.82) is 0 Å². The average molecular weight is 395 g/mol. The van der Waals surface area contributed by atoms with Gasteiger partial charge in [-0.3, -0.25) is 9.69 Å². The lowest BCUT2D eigenvalue weighted by Gasteiger charge is -2.24. The lowest BCUT2D eigenvalue weighted by Crippen LogP contribution is -2.37. The van der Waals surface area contributed by atoms with Crippen molar-refractivity contribution >= 4 is 28.0 Å². The normalized spacial score (nSPS) is 11.0. The number of amides is 1. The summed E-state index contributed by atoms with van der Waals surface area (Å²) in [7, 11) is 3.53.